The number of nitrogens with zero attached hydrogens (tertiary/aromatic N) is 2. The van der Waals surface area contributed by atoms with Crippen LogP contribution in [0.1, 0.15) is 38.1 Å². The molecule has 1 aromatic carbocycles. The normalized spacial score (nSPS) is 10.7. The monoisotopic (exact) mass is 257 g/mol. The van der Waals surface area contributed by atoms with Gasteiger partial charge in [-0.05, 0) is 23.6 Å². The minimum Gasteiger partial charge on any atom is -0.439 e. The second-order valence-corrected chi connectivity index (χ2v) is 4.73. The molecule has 4 heteroatoms. The van der Waals surface area contributed by atoms with Crippen molar-refractivity contribution >= 4 is 5.82 Å². The zero-order chi connectivity index (χ0) is 13.8. The number of aromatic nitrogens is 2. The van der Waals surface area contributed by atoms with Crippen molar-refractivity contribution in [2.45, 2.75) is 33.1 Å². The van der Waals surface area contributed by atoms with Crippen LogP contribution in [0, 0.1) is 0 Å². The Hall–Kier alpha value is -2.10. The maximum Gasteiger partial charge on any atom is 0.224 e. The van der Waals surface area contributed by atoms with Gasteiger partial charge in [0.15, 0.2) is 0 Å². The van der Waals surface area contributed by atoms with Crippen molar-refractivity contribution in [2.24, 2.45) is 0 Å². The van der Waals surface area contributed by atoms with Crippen LogP contribution in [0.2, 0.25) is 0 Å². The number of ether oxygens (including phenoxy) is 1. The van der Waals surface area contributed by atoms with E-state index in [-0.39, 0.29) is 0 Å². The zero-order valence-corrected chi connectivity index (χ0v) is 11.6. The van der Waals surface area contributed by atoms with Gasteiger partial charge in [-0.25, -0.2) is 4.98 Å². The molecular formula is C15H19N3O. The number of aryl methyl sites for hydroxylation is 1. The number of hydrogen-bond acceptors (Lipinski definition) is 4. The summed E-state index contributed by atoms with van der Waals surface area (Å²) in [4.78, 5) is 8.41. The predicted molar refractivity (Wildman–Crippen MR) is 76.4 cm³/mol. The molecular weight excluding hydrogens is 238 g/mol. The van der Waals surface area contributed by atoms with Crippen LogP contribution < -0.4 is 10.5 Å². The summed E-state index contributed by atoms with van der Waals surface area (Å²) >= 11 is 0. The van der Waals surface area contributed by atoms with Crippen molar-refractivity contribution in [3.63, 3.8) is 0 Å². The zero-order valence-electron chi connectivity index (χ0n) is 11.6. The Balaban J connectivity index is 2.18. The van der Waals surface area contributed by atoms with E-state index in [1.54, 1.807) is 6.07 Å². The smallest absolute Gasteiger partial charge is 0.224 e. The van der Waals surface area contributed by atoms with E-state index in [9.17, 15) is 0 Å². The molecule has 0 amide bonds. The van der Waals surface area contributed by atoms with Crippen LogP contribution in [0.5, 0.6) is 11.6 Å². The molecule has 2 N–H and O–H groups in total. The Morgan fingerprint density at radius 2 is 1.84 bits per heavy atom. The van der Waals surface area contributed by atoms with Gasteiger partial charge in [0.05, 0.1) is 0 Å². The van der Waals surface area contributed by atoms with Crippen LogP contribution in [0.4, 0.5) is 5.82 Å². The lowest BCUT2D eigenvalue weighted by Gasteiger charge is -2.09. The van der Waals surface area contributed by atoms with Crippen LogP contribution >= 0.6 is 0 Å². The molecule has 19 heavy (non-hydrogen) atoms. The number of nitrogens with two attached hydrogens (primary N) is 1. The van der Waals surface area contributed by atoms with Gasteiger partial charge in [-0.3, -0.25) is 0 Å². The third-order valence-electron chi connectivity index (χ3n) is 2.85. The SMILES string of the molecule is CCc1nc(N)cc(Oc2ccc(C(C)C)cc2)n1. The molecule has 0 saturated heterocycles. The van der Waals surface area contributed by atoms with E-state index in [4.69, 9.17) is 10.5 Å². The van der Waals surface area contributed by atoms with E-state index in [0.29, 0.717) is 23.4 Å². The van der Waals surface area contributed by atoms with Crippen molar-refractivity contribution in [1.29, 1.82) is 0 Å². The average Bonchev–Trinajstić information content (AvgIpc) is 2.38. The van der Waals surface area contributed by atoms with Gasteiger partial charge < -0.3 is 10.5 Å². The summed E-state index contributed by atoms with van der Waals surface area (Å²) in [6.07, 6.45) is 0.730. The van der Waals surface area contributed by atoms with Gasteiger partial charge in [0.1, 0.15) is 17.4 Å². The topological polar surface area (TPSA) is 61.0 Å². The molecule has 100 valence electrons. The molecule has 1 heterocycles. The summed E-state index contributed by atoms with van der Waals surface area (Å²) in [5.74, 6) is 2.87. The van der Waals surface area contributed by atoms with Crippen LogP contribution in [-0.4, -0.2) is 9.97 Å². The molecule has 0 saturated carbocycles. The molecule has 2 aromatic rings. The third kappa shape index (κ3) is 3.44. The fourth-order valence-electron chi connectivity index (χ4n) is 1.74. The van der Waals surface area contributed by atoms with Gasteiger partial charge in [0, 0.05) is 12.5 Å². The van der Waals surface area contributed by atoms with E-state index in [1.165, 1.54) is 5.56 Å². The molecule has 2 rings (SSSR count). The molecule has 0 aliphatic heterocycles. The minimum atomic E-state index is 0.431. The van der Waals surface area contributed by atoms with E-state index in [1.807, 2.05) is 19.1 Å². The lowest BCUT2D eigenvalue weighted by molar-refractivity contribution is 0.459. The van der Waals surface area contributed by atoms with E-state index in [0.717, 1.165) is 12.2 Å². The summed E-state index contributed by atoms with van der Waals surface area (Å²) < 4.78 is 5.71. The Kier molecular flexibility index (Phi) is 4.00. The molecule has 1 aromatic heterocycles. The predicted octanol–water partition coefficient (Wildman–Crippen LogP) is 3.54. The average molecular weight is 257 g/mol. The molecule has 4 nitrogen and oxygen atoms in total. The number of nitrogen functional groups attached to an aromatic ring is 1. The highest BCUT2D eigenvalue weighted by molar-refractivity contribution is 5.36. The molecule has 0 fully saturated rings. The molecule has 0 aliphatic carbocycles. The maximum absolute atomic E-state index is 5.72. The van der Waals surface area contributed by atoms with Gasteiger partial charge in [0.2, 0.25) is 5.88 Å². The van der Waals surface area contributed by atoms with Gasteiger partial charge in [-0.2, -0.15) is 4.98 Å². The van der Waals surface area contributed by atoms with Crippen molar-refractivity contribution in [3.05, 3.63) is 41.7 Å². The lowest BCUT2D eigenvalue weighted by Crippen LogP contribution is -2.00. The second kappa shape index (κ2) is 5.69. The molecule has 0 spiro atoms. The standard InChI is InChI=1S/C15H19N3O/c1-4-14-17-13(16)9-15(18-14)19-12-7-5-11(6-8-12)10(2)3/h5-10H,4H2,1-3H3,(H2,16,17,18). The Labute approximate surface area is 113 Å². The number of hydrogen-bond donors (Lipinski definition) is 1. The molecule has 0 radical (unpaired) electrons. The fraction of sp³-hybridized carbons (Fsp3) is 0.333. The molecule has 0 aliphatic rings. The van der Waals surface area contributed by atoms with Gasteiger partial charge in [-0.15, -0.1) is 0 Å². The van der Waals surface area contributed by atoms with E-state index >= 15 is 0 Å². The summed E-state index contributed by atoms with van der Waals surface area (Å²) in [6, 6.07) is 9.64. The Morgan fingerprint density at radius 1 is 1.16 bits per heavy atom. The highest BCUT2D eigenvalue weighted by atomic mass is 16.5. The number of rotatable bonds is 4. The van der Waals surface area contributed by atoms with Gasteiger partial charge in [0.25, 0.3) is 0 Å². The van der Waals surface area contributed by atoms with Crippen LogP contribution in [0.25, 0.3) is 0 Å². The van der Waals surface area contributed by atoms with E-state index in [2.05, 4.69) is 35.9 Å². The summed E-state index contributed by atoms with van der Waals surface area (Å²) in [7, 11) is 0. The first-order valence-electron chi connectivity index (χ1n) is 6.49. The van der Waals surface area contributed by atoms with Crippen molar-refractivity contribution in [2.75, 3.05) is 5.73 Å². The number of anilines is 1. The second-order valence-electron chi connectivity index (χ2n) is 4.73. The van der Waals surface area contributed by atoms with Crippen molar-refractivity contribution < 1.29 is 4.74 Å². The molecule has 0 unspecified atom stereocenters. The van der Waals surface area contributed by atoms with Crippen molar-refractivity contribution in [1.82, 2.24) is 9.97 Å². The van der Waals surface area contributed by atoms with Gasteiger partial charge in [-0.1, -0.05) is 32.9 Å². The van der Waals surface area contributed by atoms with Gasteiger partial charge >= 0.3 is 0 Å². The van der Waals surface area contributed by atoms with Crippen LogP contribution in [-0.2, 0) is 6.42 Å². The maximum atomic E-state index is 5.72. The highest BCUT2D eigenvalue weighted by Gasteiger charge is 2.04. The summed E-state index contributed by atoms with van der Waals surface area (Å²) in [6.45, 7) is 6.30. The summed E-state index contributed by atoms with van der Waals surface area (Å²) in [5, 5.41) is 0. The lowest BCUT2D eigenvalue weighted by atomic mass is 10.0. The first kappa shape index (κ1) is 13.3. The molecule has 0 bridgehead atoms. The highest BCUT2D eigenvalue weighted by Crippen LogP contribution is 2.23. The Bertz CT molecular complexity index is 550. The third-order valence-corrected chi connectivity index (χ3v) is 2.85. The first-order valence-corrected chi connectivity index (χ1v) is 6.49. The van der Waals surface area contributed by atoms with Crippen LogP contribution in [0.15, 0.2) is 30.3 Å². The quantitative estimate of drug-likeness (QED) is 0.910. The van der Waals surface area contributed by atoms with Crippen LogP contribution in [0.3, 0.4) is 0 Å². The molecule has 0 atom stereocenters. The fourth-order valence-corrected chi connectivity index (χ4v) is 1.74. The minimum absolute atomic E-state index is 0.431. The van der Waals surface area contributed by atoms with Crippen molar-refractivity contribution in [3.8, 4) is 11.6 Å². The Morgan fingerprint density at radius 3 is 2.42 bits per heavy atom. The first-order chi connectivity index (χ1) is 9.08. The summed E-state index contributed by atoms with van der Waals surface area (Å²) in [5.41, 5.74) is 7.00. The number of benzene rings is 1. The van der Waals surface area contributed by atoms with E-state index < -0.39 is 0 Å². The largest absolute Gasteiger partial charge is 0.439 e.